The lowest BCUT2D eigenvalue weighted by Gasteiger charge is -2.09. The molecule has 1 aromatic carbocycles. The van der Waals surface area contributed by atoms with Gasteiger partial charge in [0.15, 0.2) is 5.69 Å². The number of nitrogens with two attached hydrogens (primary N) is 1. The lowest BCUT2D eigenvalue weighted by atomic mass is 10.1. The highest BCUT2D eigenvalue weighted by molar-refractivity contribution is 5.92. The number of anilines is 1. The first kappa shape index (κ1) is 14.0. The van der Waals surface area contributed by atoms with Crippen molar-refractivity contribution in [1.82, 2.24) is 9.55 Å². The van der Waals surface area contributed by atoms with E-state index in [1.807, 2.05) is 0 Å². The highest BCUT2D eigenvalue weighted by Gasteiger charge is 2.16. The van der Waals surface area contributed by atoms with Crippen LogP contribution in [0.1, 0.15) is 27.2 Å². The van der Waals surface area contributed by atoms with Gasteiger partial charge in [0.05, 0.1) is 20.0 Å². The normalized spacial score (nSPS) is 10.6. The van der Waals surface area contributed by atoms with E-state index in [1.54, 1.807) is 30.5 Å². The summed E-state index contributed by atoms with van der Waals surface area (Å²) in [7, 11) is 1.27. The molecule has 2 N–H and O–H groups in total. The molecule has 2 aromatic rings. The average Bonchev–Trinajstić information content (AvgIpc) is 2.76. The van der Waals surface area contributed by atoms with Crippen molar-refractivity contribution in [3.8, 4) is 0 Å². The van der Waals surface area contributed by atoms with E-state index in [4.69, 9.17) is 5.73 Å². The Balaban J connectivity index is 2.31. The van der Waals surface area contributed by atoms with Crippen LogP contribution in [-0.4, -0.2) is 22.6 Å². The van der Waals surface area contributed by atoms with Crippen LogP contribution in [0, 0.1) is 19.7 Å². The predicted octanol–water partition coefficient (Wildman–Crippen LogP) is 2.06. The van der Waals surface area contributed by atoms with E-state index in [0.717, 1.165) is 5.56 Å². The Morgan fingerprint density at radius 2 is 2.00 bits per heavy atom. The average molecular weight is 277 g/mol. The van der Waals surface area contributed by atoms with Crippen LogP contribution in [0.15, 0.2) is 18.5 Å². The Hall–Kier alpha value is -2.37. The minimum atomic E-state index is -0.576. The van der Waals surface area contributed by atoms with E-state index < -0.39 is 5.97 Å². The van der Waals surface area contributed by atoms with Crippen LogP contribution in [0.2, 0.25) is 0 Å². The molecule has 6 heteroatoms. The van der Waals surface area contributed by atoms with Crippen molar-refractivity contribution >= 4 is 11.8 Å². The number of imidazole rings is 1. The number of hydrogen-bond acceptors (Lipinski definition) is 4. The number of nitrogens with zero attached hydrogens (tertiary/aromatic N) is 2. The first-order valence-electron chi connectivity index (χ1n) is 6.08. The number of ether oxygens (including phenoxy) is 1. The molecule has 0 amide bonds. The van der Waals surface area contributed by atoms with Gasteiger partial charge in [-0.15, -0.1) is 0 Å². The quantitative estimate of drug-likeness (QED) is 0.872. The van der Waals surface area contributed by atoms with Crippen molar-refractivity contribution in [2.24, 2.45) is 0 Å². The second-order valence-electron chi connectivity index (χ2n) is 4.64. The molecule has 20 heavy (non-hydrogen) atoms. The number of hydrogen-bond donors (Lipinski definition) is 1. The van der Waals surface area contributed by atoms with Gasteiger partial charge in [-0.1, -0.05) is 12.1 Å². The monoisotopic (exact) mass is 277 g/mol. The summed E-state index contributed by atoms with van der Waals surface area (Å²) in [5.74, 6) is -0.549. The summed E-state index contributed by atoms with van der Waals surface area (Å²) in [5, 5.41) is 0. The van der Waals surface area contributed by atoms with Crippen molar-refractivity contribution in [3.63, 3.8) is 0 Å². The summed E-state index contributed by atoms with van der Waals surface area (Å²) >= 11 is 0. The number of methoxy groups -OCH3 is 1. The topological polar surface area (TPSA) is 70.1 Å². The third-order valence-electron chi connectivity index (χ3n) is 3.11. The second-order valence-corrected chi connectivity index (χ2v) is 4.64. The largest absolute Gasteiger partial charge is 0.464 e. The number of esters is 1. The summed E-state index contributed by atoms with van der Waals surface area (Å²) in [6.45, 7) is 3.84. The van der Waals surface area contributed by atoms with Crippen LogP contribution in [0.25, 0.3) is 0 Å². The van der Waals surface area contributed by atoms with Gasteiger partial charge < -0.3 is 15.0 Å². The van der Waals surface area contributed by atoms with Gasteiger partial charge in [-0.3, -0.25) is 0 Å². The van der Waals surface area contributed by atoms with Crippen LogP contribution < -0.4 is 5.73 Å². The molecule has 1 aromatic heterocycles. The molecular weight excluding hydrogens is 261 g/mol. The number of aryl methyl sites for hydroxylation is 2. The minimum Gasteiger partial charge on any atom is -0.464 e. The Morgan fingerprint density at radius 3 is 2.55 bits per heavy atom. The molecule has 5 nitrogen and oxygen atoms in total. The predicted molar refractivity (Wildman–Crippen MR) is 73.0 cm³/mol. The van der Waals surface area contributed by atoms with E-state index >= 15 is 0 Å². The van der Waals surface area contributed by atoms with Crippen LogP contribution in [0.5, 0.6) is 0 Å². The summed E-state index contributed by atoms with van der Waals surface area (Å²) in [4.78, 5) is 15.4. The molecule has 0 saturated carbocycles. The van der Waals surface area contributed by atoms with Crippen LogP contribution in [-0.2, 0) is 11.3 Å². The molecule has 0 aliphatic rings. The molecule has 0 bridgehead atoms. The highest BCUT2D eigenvalue weighted by atomic mass is 19.1. The van der Waals surface area contributed by atoms with Gasteiger partial charge in [-0.2, -0.15) is 0 Å². The Kier molecular flexibility index (Phi) is 3.74. The fourth-order valence-corrected chi connectivity index (χ4v) is 2.10. The molecule has 0 aliphatic carbocycles. The third-order valence-corrected chi connectivity index (χ3v) is 3.11. The highest BCUT2D eigenvalue weighted by Crippen LogP contribution is 2.18. The zero-order valence-corrected chi connectivity index (χ0v) is 11.6. The zero-order valence-electron chi connectivity index (χ0n) is 11.6. The van der Waals surface area contributed by atoms with Crippen molar-refractivity contribution in [3.05, 3.63) is 46.7 Å². The summed E-state index contributed by atoms with van der Waals surface area (Å²) in [5.41, 5.74) is 7.99. The van der Waals surface area contributed by atoms with E-state index in [9.17, 15) is 9.18 Å². The first-order valence-corrected chi connectivity index (χ1v) is 6.08. The number of carbonyl (C=O) groups excluding carboxylic acids is 1. The number of carbonyl (C=O) groups is 1. The van der Waals surface area contributed by atoms with Crippen molar-refractivity contribution in [1.29, 1.82) is 0 Å². The lowest BCUT2D eigenvalue weighted by molar-refractivity contribution is 0.0596. The first-order chi connectivity index (χ1) is 9.43. The van der Waals surface area contributed by atoms with E-state index in [0.29, 0.717) is 17.7 Å². The van der Waals surface area contributed by atoms with E-state index in [2.05, 4.69) is 9.72 Å². The molecule has 0 saturated heterocycles. The smallest absolute Gasteiger partial charge is 0.360 e. The maximum atomic E-state index is 13.6. The van der Waals surface area contributed by atoms with Crippen LogP contribution in [0.3, 0.4) is 0 Å². The maximum Gasteiger partial charge on any atom is 0.360 e. The van der Waals surface area contributed by atoms with Crippen LogP contribution in [0.4, 0.5) is 10.2 Å². The summed E-state index contributed by atoms with van der Waals surface area (Å²) in [6.07, 6.45) is 1.47. The Labute approximate surface area is 116 Å². The van der Waals surface area contributed by atoms with Gasteiger partial charge in [0.25, 0.3) is 0 Å². The molecule has 0 unspecified atom stereocenters. The number of halogens is 1. The maximum absolute atomic E-state index is 13.6. The van der Waals surface area contributed by atoms with Crippen molar-refractivity contribution in [2.45, 2.75) is 20.4 Å². The number of rotatable bonds is 3. The molecule has 0 atom stereocenters. The van der Waals surface area contributed by atoms with Gasteiger partial charge in [-0.05, 0) is 30.5 Å². The third kappa shape index (κ3) is 2.49. The molecule has 2 rings (SSSR count). The Morgan fingerprint density at radius 1 is 1.40 bits per heavy atom. The fraction of sp³-hybridized carbons (Fsp3) is 0.286. The van der Waals surface area contributed by atoms with E-state index in [1.165, 1.54) is 13.4 Å². The number of benzene rings is 1. The van der Waals surface area contributed by atoms with Crippen molar-refractivity contribution < 1.29 is 13.9 Å². The molecular formula is C14H16FN3O2. The van der Waals surface area contributed by atoms with Crippen molar-refractivity contribution in [2.75, 3.05) is 12.8 Å². The molecule has 1 heterocycles. The molecule has 0 radical (unpaired) electrons. The van der Waals surface area contributed by atoms with Gasteiger partial charge in [0.2, 0.25) is 0 Å². The van der Waals surface area contributed by atoms with E-state index in [-0.39, 0.29) is 17.3 Å². The molecule has 106 valence electrons. The molecule has 0 aliphatic heterocycles. The zero-order chi connectivity index (χ0) is 14.9. The van der Waals surface area contributed by atoms with Gasteiger partial charge >= 0.3 is 5.97 Å². The van der Waals surface area contributed by atoms with Gasteiger partial charge in [0.1, 0.15) is 11.6 Å². The standard InChI is InChI=1S/C14H16FN3O2/c1-8-4-10(5-9(2)11(8)15)6-18-7-17-12(13(18)16)14(19)20-3/h4-5,7H,6,16H2,1-3H3. The number of nitrogen functional groups attached to an aromatic ring is 1. The Bertz CT molecular complexity index is 641. The summed E-state index contributed by atoms with van der Waals surface area (Å²) in [6, 6.07) is 3.50. The number of aromatic nitrogens is 2. The lowest BCUT2D eigenvalue weighted by Crippen LogP contribution is -2.09. The SMILES string of the molecule is COC(=O)c1ncn(Cc2cc(C)c(F)c(C)c2)c1N. The summed E-state index contributed by atoms with van der Waals surface area (Å²) < 4.78 is 19.8. The fourth-order valence-electron chi connectivity index (χ4n) is 2.10. The second kappa shape index (κ2) is 5.32. The van der Waals surface area contributed by atoms with Gasteiger partial charge in [-0.25, -0.2) is 14.2 Å². The minimum absolute atomic E-state index is 0.0862. The van der Waals surface area contributed by atoms with Crippen LogP contribution >= 0.6 is 0 Å². The van der Waals surface area contributed by atoms with Gasteiger partial charge in [0, 0.05) is 0 Å². The molecule has 0 fully saturated rings. The molecule has 0 spiro atoms.